The largest absolute Gasteiger partial charge is 0.276 e. The third-order valence-electron chi connectivity index (χ3n) is 2.55. The molecule has 0 aliphatic heterocycles. The van der Waals surface area contributed by atoms with Gasteiger partial charge in [0, 0.05) is 12.4 Å². The van der Waals surface area contributed by atoms with Crippen molar-refractivity contribution in [2.75, 3.05) is 0 Å². The molecule has 0 atom stereocenters. The van der Waals surface area contributed by atoms with Gasteiger partial charge in [-0.05, 0) is 29.2 Å². The van der Waals surface area contributed by atoms with Crippen molar-refractivity contribution >= 4 is 5.69 Å². The molecule has 2 heteroatoms. The van der Waals surface area contributed by atoms with Gasteiger partial charge in [0.2, 0.25) is 5.69 Å². The van der Waals surface area contributed by atoms with Crippen molar-refractivity contribution in [1.82, 2.24) is 4.98 Å². The highest BCUT2D eigenvalue weighted by atomic mass is 14.7. The normalized spacial score (nSPS) is 9.75. The van der Waals surface area contributed by atoms with E-state index in [-0.39, 0.29) is 0 Å². The van der Waals surface area contributed by atoms with Gasteiger partial charge in [-0.15, -0.1) is 0 Å². The number of hydrogen-bond acceptors (Lipinski definition) is 1. The number of aryl methyl sites for hydroxylation is 1. The van der Waals surface area contributed by atoms with Crippen molar-refractivity contribution in [3.05, 3.63) is 59.7 Å². The Balaban J connectivity index is 2.39. The second-order valence-corrected chi connectivity index (χ2v) is 3.59. The maximum absolute atomic E-state index is 6.95. The monoisotopic (exact) mass is 208 g/mol. The molecule has 1 aromatic carbocycles. The highest BCUT2D eigenvalue weighted by Crippen LogP contribution is 2.23. The van der Waals surface area contributed by atoms with E-state index in [1.807, 2.05) is 6.07 Å². The maximum Gasteiger partial charge on any atom is 0.205 e. The Morgan fingerprint density at radius 3 is 2.50 bits per heavy atom. The SMILES string of the molecule is [C-]#[N+]c1cncc(-c2ccc(CC)cc2)c1. The molecule has 1 heterocycles. The lowest BCUT2D eigenvalue weighted by atomic mass is 10.0. The lowest BCUT2D eigenvalue weighted by Gasteiger charge is -2.03. The van der Waals surface area contributed by atoms with E-state index < -0.39 is 0 Å². The topological polar surface area (TPSA) is 17.2 Å². The van der Waals surface area contributed by atoms with Crippen LogP contribution in [0.25, 0.3) is 16.0 Å². The standard InChI is InChI=1S/C14H12N2/c1-3-11-4-6-12(7-5-11)13-8-14(15-2)10-16-9-13/h4-10H,3H2,1H3. The average molecular weight is 208 g/mol. The lowest BCUT2D eigenvalue weighted by Crippen LogP contribution is -1.82. The molecular weight excluding hydrogens is 196 g/mol. The first-order valence-electron chi connectivity index (χ1n) is 5.25. The van der Waals surface area contributed by atoms with E-state index in [1.165, 1.54) is 5.56 Å². The average Bonchev–Trinajstić information content (AvgIpc) is 2.39. The van der Waals surface area contributed by atoms with E-state index in [2.05, 4.69) is 41.0 Å². The van der Waals surface area contributed by atoms with Gasteiger partial charge in [-0.3, -0.25) is 4.98 Å². The number of aromatic nitrogens is 1. The number of pyridine rings is 1. The molecule has 0 spiro atoms. The highest BCUT2D eigenvalue weighted by Gasteiger charge is 1.99. The zero-order valence-corrected chi connectivity index (χ0v) is 9.14. The Labute approximate surface area is 95.4 Å². The van der Waals surface area contributed by atoms with Crippen LogP contribution in [0.4, 0.5) is 5.69 Å². The Morgan fingerprint density at radius 1 is 1.12 bits per heavy atom. The van der Waals surface area contributed by atoms with Crippen LogP contribution >= 0.6 is 0 Å². The van der Waals surface area contributed by atoms with E-state index >= 15 is 0 Å². The van der Waals surface area contributed by atoms with Gasteiger partial charge in [0.25, 0.3) is 0 Å². The third kappa shape index (κ3) is 2.09. The van der Waals surface area contributed by atoms with Crippen LogP contribution in [0.2, 0.25) is 0 Å². The minimum absolute atomic E-state index is 0.581. The van der Waals surface area contributed by atoms with Crippen LogP contribution < -0.4 is 0 Å². The summed E-state index contributed by atoms with van der Waals surface area (Å²) in [4.78, 5) is 7.44. The zero-order chi connectivity index (χ0) is 11.4. The summed E-state index contributed by atoms with van der Waals surface area (Å²) < 4.78 is 0. The van der Waals surface area contributed by atoms with Gasteiger partial charge < -0.3 is 0 Å². The van der Waals surface area contributed by atoms with Crippen LogP contribution in [-0.2, 0) is 6.42 Å². The predicted octanol–water partition coefficient (Wildman–Crippen LogP) is 3.86. The molecule has 0 aliphatic rings. The Kier molecular flexibility index (Phi) is 2.98. The third-order valence-corrected chi connectivity index (χ3v) is 2.55. The minimum atomic E-state index is 0.581. The van der Waals surface area contributed by atoms with E-state index in [9.17, 15) is 0 Å². The summed E-state index contributed by atoms with van der Waals surface area (Å²) in [5.41, 5.74) is 4.00. The fourth-order valence-electron chi connectivity index (χ4n) is 1.58. The van der Waals surface area contributed by atoms with Crippen LogP contribution in [0.5, 0.6) is 0 Å². The minimum Gasteiger partial charge on any atom is -0.276 e. The zero-order valence-electron chi connectivity index (χ0n) is 9.14. The molecule has 0 saturated heterocycles. The van der Waals surface area contributed by atoms with Gasteiger partial charge in [0.15, 0.2) is 0 Å². The Bertz CT molecular complexity index is 521. The van der Waals surface area contributed by atoms with Crippen molar-refractivity contribution in [2.45, 2.75) is 13.3 Å². The molecule has 0 radical (unpaired) electrons. The van der Waals surface area contributed by atoms with Gasteiger partial charge >= 0.3 is 0 Å². The molecule has 0 aliphatic carbocycles. The molecule has 0 fully saturated rings. The van der Waals surface area contributed by atoms with Crippen LogP contribution in [-0.4, -0.2) is 4.98 Å². The Hall–Kier alpha value is -2.14. The summed E-state index contributed by atoms with van der Waals surface area (Å²) in [6.07, 6.45) is 4.41. The first kappa shape index (κ1) is 10.4. The van der Waals surface area contributed by atoms with Crippen molar-refractivity contribution in [2.24, 2.45) is 0 Å². The molecule has 0 N–H and O–H groups in total. The van der Waals surface area contributed by atoms with Gasteiger partial charge in [0.05, 0.1) is 6.57 Å². The first-order chi connectivity index (χ1) is 7.83. The molecule has 2 aromatic rings. The smallest absolute Gasteiger partial charge is 0.205 e. The maximum atomic E-state index is 6.95. The Morgan fingerprint density at radius 2 is 1.88 bits per heavy atom. The van der Waals surface area contributed by atoms with Crippen LogP contribution in [0.1, 0.15) is 12.5 Å². The van der Waals surface area contributed by atoms with Crippen molar-refractivity contribution in [3.8, 4) is 11.1 Å². The van der Waals surface area contributed by atoms with Gasteiger partial charge in [0.1, 0.15) is 0 Å². The number of nitrogens with zero attached hydrogens (tertiary/aromatic N) is 2. The molecule has 1 aromatic heterocycles. The summed E-state index contributed by atoms with van der Waals surface area (Å²) in [5, 5.41) is 0. The lowest BCUT2D eigenvalue weighted by molar-refractivity contribution is 1.14. The molecule has 0 saturated carbocycles. The molecule has 0 amide bonds. The molecule has 78 valence electrons. The summed E-state index contributed by atoms with van der Waals surface area (Å²) in [7, 11) is 0. The molecule has 0 unspecified atom stereocenters. The second kappa shape index (κ2) is 4.59. The van der Waals surface area contributed by atoms with Crippen LogP contribution in [0, 0.1) is 6.57 Å². The number of rotatable bonds is 2. The van der Waals surface area contributed by atoms with Gasteiger partial charge in [-0.25, -0.2) is 4.85 Å². The van der Waals surface area contributed by atoms with E-state index in [0.717, 1.165) is 17.5 Å². The molecular formula is C14H12N2. The van der Waals surface area contributed by atoms with Crippen molar-refractivity contribution in [3.63, 3.8) is 0 Å². The fourth-order valence-corrected chi connectivity index (χ4v) is 1.58. The first-order valence-corrected chi connectivity index (χ1v) is 5.25. The second-order valence-electron chi connectivity index (χ2n) is 3.59. The summed E-state index contributed by atoms with van der Waals surface area (Å²) in [6, 6.07) is 10.2. The quantitative estimate of drug-likeness (QED) is 0.685. The molecule has 2 nitrogen and oxygen atoms in total. The predicted molar refractivity (Wildman–Crippen MR) is 65.3 cm³/mol. The van der Waals surface area contributed by atoms with Gasteiger partial charge in [-0.2, -0.15) is 0 Å². The fraction of sp³-hybridized carbons (Fsp3) is 0.143. The molecule has 16 heavy (non-hydrogen) atoms. The molecule has 0 bridgehead atoms. The summed E-state index contributed by atoms with van der Waals surface area (Å²) in [5.74, 6) is 0. The number of hydrogen-bond donors (Lipinski definition) is 0. The highest BCUT2D eigenvalue weighted by molar-refractivity contribution is 5.67. The van der Waals surface area contributed by atoms with Crippen LogP contribution in [0.15, 0.2) is 42.7 Å². The van der Waals surface area contributed by atoms with E-state index in [1.54, 1.807) is 12.4 Å². The summed E-state index contributed by atoms with van der Waals surface area (Å²) >= 11 is 0. The van der Waals surface area contributed by atoms with E-state index in [0.29, 0.717) is 5.69 Å². The summed E-state index contributed by atoms with van der Waals surface area (Å²) in [6.45, 7) is 9.09. The number of benzene rings is 1. The van der Waals surface area contributed by atoms with Crippen LogP contribution in [0.3, 0.4) is 0 Å². The van der Waals surface area contributed by atoms with Crippen molar-refractivity contribution < 1.29 is 0 Å². The van der Waals surface area contributed by atoms with Gasteiger partial charge in [-0.1, -0.05) is 31.2 Å². The van der Waals surface area contributed by atoms with Crippen molar-refractivity contribution in [1.29, 1.82) is 0 Å². The molecule has 2 rings (SSSR count). The van der Waals surface area contributed by atoms with E-state index in [4.69, 9.17) is 6.57 Å².